The molecule has 0 radical (unpaired) electrons. The summed E-state index contributed by atoms with van der Waals surface area (Å²) in [5.41, 5.74) is 4.51. The number of benzene rings is 2. The van der Waals surface area contributed by atoms with E-state index in [4.69, 9.17) is 9.47 Å². The zero-order valence-corrected chi connectivity index (χ0v) is 18.6. The number of aryl methyl sites for hydroxylation is 1. The number of hydrogen-bond donors (Lipinski definition) is 0. The number of ether oxygens (including phenoxy) is 2. The molecule has 0 aliphatic rings. The first kappa shape index (κ1) is 21.4. The fourth-order valence-electron chi connectivity index (χ4n) is 3.53. The van der Waals surface area contributed by atoms with Crippen molar-refractivity contribution in [2.24, 2.45) is 0 Å². The molecule has 6 heteroatoms. The molecule has 0 spiro atoms. The average molecular weight is 430 g/mol. The van der Waals surface area contributed by atoms with Gasteiger partial charge in [-0.3, -0.25) is 4.79 Å². The fraction of sp³-hybridized carbons (Fsp3) is 0.231. The molecule has 2 aromatic heterocycles. The molecule has 0 N–H and O–H groups in total. The SMILES string of the molecule is CCOc1ccc(CN(C)C(=O)c2cccc(OCc3cn4cc(C)ccc4n3)c2)cc1. The third kappa shape index (κ3) is 5.09. The van der Waals surface area contributed by atoms with Gasteiger partial charge in [0.25, 0.3) is 5.91 Å². The van der Waals surface area contributed by atoms with Gasteiger partial charge in [-0.25, -0.2) is 4.98 Å². The van der Waals surface area contributed by atoms with Crippen LogP contribution in [-0.4, -0.2) is 33.8 Å². The third-order valence-electron chi connectivity index (χ3n) is 5.12. The molecule has 2 aromatic carbocycles. The molecule has 0 aliphatic carbocycles. The van der Waals surface area contributed by atoms with Gasteiger partial charge in [-0.1, -0.05) is 24.3 Å². The van der Waals surface area contributed by atoms with E-state index in [2.05, 4.69) is 4.98 Å². The number of pyridine rings is 1. The van der Waals surface area contributed by atoms with Crippen molar-refractivity contribution >= 4 is 11.6 Å². The maximum Gasteiger partial charge on any atom is 0.254 e. The highest BCUT2D eigenvalue weighted by Gasteiger charge is 2.13. The van der Waals surface area contributed by atoms with Gasteiger partial charge in [0, 0.05) is 31.5 Å². The number of hydrogen-bond acceptors (Lipinski definition) is 4. The molecule has 0 saturated carbocycles. The zero-order chi connectivity index (χ0) is 22.5. The topological polar surface area (TPSA) is 56.1 Å². The predicted octanol–water partition coefficient (Wildman–Crippen LogP) is 4.89. The highest BCUT2D eigenvalue weighted by molar-refractivity contribution is 5.94. The molecule has 0 atom stereocenters. The van der Waals surface area contributed by atoms with Crippen LogP contribution in [0.4, 0.5) is 0 Å². The Labute approximate surface area is 188 Å². The van der Waals surface area contributed by atoms with E-state index in [1.54, 1.807) is 24.1 Å². The Kier molecular flexibility index (Phi) is 6.40. The smallest absolute Gasteiger partial charge is 0.254 e. The maximum absolute atomic E-state index is 12.9. The second kappa shape index (κ2) is 9.56. The van der Waals surface area contributed by atoms with Gasteiger partial charge in [0.2, 0.25) is 0 Å². The Balaban J connectivity index is 1.39. The van der Waals surface area contributed by atoms with Crippen LogP contribution >= 0.6 is 0 Å². The lowest BCUT2D eigenvalue weighted by molar-refractivity contribution is 0.0784. The maximum atomic E-state index is 12.9. The van der Waals surface area contributed by atoms with Gasteiger partial charge in [-0.15, -0.1) is 0 Å². The van der Waals surface area contributed by atoms with Crippen molar-refractivity contribution in [2.45, 2.75) is 27.0 Å². The van der Waals surface area contributed by atoms with Crippen molar-refractivity contribution in [2.75, 3.05) is 13.7 Å². The van der Waals surface area contributed by atoms with E-state index in [1.165, 1.54) is 5.56 Å². The van der Waals surface area contributed by atoms with Crippen molar-refractivity contribution < 1.29 is 14.3 Å². The standard InChI is InChI=1S/C26H27N3O3/c1-4-31-23-11-9-20(10-12-23)16-28(3)26(30)21-6-5-7-24(14-21)32-18-22-17-29-15-19(2)8-13-25(29)27-22/h5-15,17H,4,16,18H2,1-3H3. The van der Waals surface area contributed by atoms with Gasteiger partial charge in [0.15, 0.2) is 0 Å². The van der Waals surface area contributed by atoms with E-state index in [0.717, 1.165) is 22.7 Å². The van der Waals surface area contributed by atoms with E-state index in [0.29, 0.717) is 31.1 Å². The first-order valence-electron chi connectivity index (χ1n) is 10.7. The van der Waals surface area contributed by atoms with E-state index in [-0.39, 0.29) is 5.91 Å². The molecular weight excluding hydrogens is 402 g/mol. The molecule has 6 nitrogen and oxygen atoms in total. The number of amides is 1. The second-order valence-electron chi connectivity index (χ2n) is 7.76. The van der Waals surface area contributed by atoms with Gasteiger partial charge in [-0.05, 0) is 61.4 Å². The van der Waals surface area contributed by atoms with Crippen molar-refractivity contribution in [3.8, 4) is 11.5 Å². The summed E-state index contributed by atoms with van der Waals surface area (Å²) < 4.78 is 13.4. The minimum absolute atomic E-state index is 0.0625. The molecule has 1 amide bonds. The molecule has 4 aromatic rings. The van der Waals surface area contributed by atoms with Gasteiger partial charge in [0.05, 0.1) is 12.3 Å². The molecule has 32 heavy (non-hydrogen) atoms. The van der Waals surface area contributed by atoms with E-state index >= 15 is 0 Å². The molecule has 4 rings (SSSR count). The number of fused-ring (bicyclic) bond motifs is 1. The predicted molar refractivity (Wildman–Crippen MR) is 124 cm³/mol. The van der Waals surface area contributed by atoms with Gasteiger partial charge in [0.1, 0.15) is 23.8 Å². The lowest BCUT2D eigenvalue weighted by atomic mass is 10.1. The highest BCUT2D eigenvalue weighted by atomic mass is 16.5. The summed E-state index contributed by atoms with van der Waals surface area (Å²) in [6.45, 7) is 5.48. The van der Waals surface area contributed by atoms with Crippen LogP contribution in [0.5, 0.6) is 11.5 Å². The molecule has 2 heterocycles. The minimum Gasteiger partial charge on any atom is -0.494 e. The fourth-order valence-corrected chi connectivity index (χ4v) is 3.53. The number of aromatic nitrogens is 2. The van der Waals surface area contributed by atoms with E-state index in [9.17, 15) is 4.79 Å². The highest BCUT2D eigenvalue weighted by Crippen LogP contribution is 2.18. The van der Waals surface area contributed by atoms with Crippen LogP contribution in [0, 0.1) is 6.92 Å². The van der Waals surface area contributed by atoms with Crippen LogP contribution < -0.4 is 9.47 Å². The molecule has 0 bridgehead atoms. The Morgan fingerprint density at radius 3 is 2.59 bits per heavy atom. The largest absolute Gasteiger partial charge is 0.494 e. The Morgan fingerprint density at radius 2 is 1.81 bits per heavy atom. The van der Waals surface area contributed by atoms with Gasteiger partial charge < -0.3 is 18.8 Å². The summed E-state index contributed by atoms with van der Waals surface area (Å²) in [5, 5.41) is 0. The van der Waals surface area contributed by atoms with E-state index < -0.39 is 0 Å². The van der Waals surface area contributed by atoms with Gasteiger partial charge in [-0.2, -0.15) is 0 Å². The molecule has 0 saturated heterocycles. The monoisotopic (exact) mass is 429 g/mol. The van der Waals surface area contributed by atoms with Crippen LogP contribution in [0.1, 0.15) is 34.1 Å². The summed E-state index contributed by atoms with van der Waals surface area (Å²) in [6.07, 6.45) is 3.99. The van der Waals surface area contributed by atoms with Crippen molar-refractivity contribution in [1.29, 1.82) is 0 Å². The summed E-state index contributed by atoms with van der Waals surface area (Å²) in [5.74, 6) is 1.40. The quantitative estimate of drug-likeness (QED) is 0.400. The number of carbonyl (C=O) groups excluding carboxylic acids is 1. The first-order valence-corrected chi connectivity index (χ1v) is 10.7. The van der Waals surface area contributed by atoms with Crippen molar-refractivity contribution in [1.82, 2.24) is 14.3 Å². The number of rotatable bonds is 8. The van der Waals surface area contributed by atoms with Crippen molar-refractivity contribution in [3.05, 3.63) is 95.4 Å². The Morgan fingerprint density at radius 1 is 1.00 bits per heavy atom. The van der Waals surface area contributed by atoms with Crippen LogP contribution in [0.3, 0.4) is 0 Å². The molecule has 0 fully saturated rings. The zero-order valence-electron chi connectivity index (χ0n) is 18.6. The summed E-state index contributed by atoms with van der Waals surface area (Å²) >= 11 is 0. The molecule has 0 aliphatic heterocycles. The van der Waals surface area contributed by atoms with Crippen LogP contribution in [0.15, 0.2) is 73.1 Å². The third-order valence-corrected chi connectivity index (χ3v) is 5.12. The Bertz CT molecular complexity index is 1210. The average Bonchev–Trinajstić information content (AvgIpc) is 3.21. The van der Waals surface area contributed by atoms with Crippen LogP contribution in [-0.2, 0) is 13.2 Å². The van der Waals surface area contributed by atoms with Gasteiger partial charge >= 0.3 is 0 Å². The number of imidazole rings is 1. The Hall–Kier alpha value is -3.80. The first-order chi connectivity index (χ1) is 15.5. The molecule has 0 unspecified atom stereocenters. The summed E-state index contributed by atoms with van der Waals surface area (Å²) in [6, 6.07) is 19.1. The van der Waals surface area contributed by atoms with Crippen LogP contribution in [0.2, 0.25) is 0 Å². The summed E-state index contributed by atoms with van der Waals surface area (Å²) in [4.78, 5) is 19.2. The summed E-state index contributed by atoms with van der Waals surface area (Å²) in [7, 11) is 1.80. The van der Waals surface area contributed by atoms with Crippen molar-refractivity contribution in [3.63, 3.8) is 0 Å². The normalized spacial score (nSPS) is 10.8. The van der Waals surface area contributed by atoms with E-state index in [1.807, 2.05) is 79.2 Å². The lowest BCUT2D eigenvalue weighted by Crippen LogP contribution is -2.26. The number of carbonyl (C=O) groups is 1. The molecule has 164 valence electrons. The number of nitrogens with zero attached hydrogens (tertiary/aromatic N) is 3. The second-order valence-corrected chi connectivity index (χ2v) is 7.76. The van der Waals surface area contributed by atoms with Crippen LogP contribution in [0.25, 0.3) is 5.65 Å². The lowest BCUT2D eigenvalue weighted by Gasteiger charge is -2.18. The minimum atomic E-state index is -0.0625. The molecular formula is C26H27N3O3.